The van der Waals surface area contributed by atoms with Gasteiger partial charge in [-0.05, 0) is 38.5 Å². The number of ether oxygens (including phenoxy) is 1. The standard InChI is InChI=1S/C24H34N6O2/c1-4-32-21-7-5-19(6-8-21)20-15-26-24(27-16-20)29-13-11-28(12-14-29)23(31)22-17-30(18(2)3)10-9-25-22/h5-8,15-16,18,22,25H,4,9-14,17H2,1-3H3/t22-/m1/s1. The van der Waals surface area contributed by atoms with E-state index in [1.807, 2.05) is 48.5 Å². The molecule has 3 heterocycles. The molecular weight excluding hydrogens is 404 g/mol. The van der Waals surface area contributed by atoms with Crippen molar-refractivity contribution < 1.29 is 9.53 Å². The van der Waals surface area contributed by atoms with E-state index in [-0.39, 0.29) is 11.9 Å². The van der Waals surface area contributed by atoms with Crippen molar-refractivity contribution in [1.29, 1.82) is 0 Å². The van der Waals surface area contributed by atoms with E-state index < -0.39 is 0 Å². The van der Waals surface area contributed by atoms with E-state index in [9.17, 15) is 4.79 Å². The second-order valence-electron chi connectivity index (χ2n) is 8.64. The van der Waals surface area contributed by atoms with Crippen molar-refractivity contribution in [2.45, 2.75) is 32.9 Å². The third kappa shape index (κ3) is 5.19. The Morgan fingerprint density at radius 3 is 2.38 bits per heavy atom. The van der Waals surface area contributed by atoms with Crippen LogP contribution in [-0.2, 0) is 4.79 Å². The summed E-state index contributed by atoms with van der Waals surface area (Å²) in [6.45, 7) is 12.5. The minimum Gasteiger partial charge on any atom is -0.494 e. The zero-order valence-electron chi connectivity index (χ0n) is 19.3. The Labute approximate surface area is 190 Å². The van der Waals surface area contributed by atoms with Gasteiger partial charge in [0.25, 0.3) is 0 Å². The molecule has 0 spiro atoms. The molecule has 0 unspecified atom stereocenters. The zero-order valence-corrected chi connectivity index (χ0v) is 19.3. The highest BCUT2D eigenvalue weighted by Crippen LogP contribution is 2.22. The highest BCUT2D eigenvalue weighted by Gasteiger charge is 2.31. The zero-order chi connectivity index (χ0) is 22.5. The SMILES string of the molecule is CCOc1ccc(-c2cnc(N3CCN(C(=O)[C@H]4CN(C(C)C)CCN4)CC3)nc2)cc1. The van der Waals surface area contributed by atoms with E-state index in [1.54, 1.807) is 0 Å². The number of rotatable bonds is 6. The van der Waals surface area contributed by atoms with Gasteiger partial charge in [0.05, 0.1) is 12.6 Å². The number of hydrogen-bond donors (Lipinski definition) is 1. The lowest BCUT2D eigenvalue weighted by Gasteiger charge is -2.40. The lowest BCUT2D eigenvalue weighted by atomic mass is 10.1. The summed E-state index contributed by atoms with van der Waals surface area (Å²) in [4.78, 5) is 28.7. The van der Waals surface area contributed by atoms with Crippen LogP contribution in [0.2, 0.25) is 0 Å². The number of benzene rings is 1. The molecule has 1 atom stereocenters. The Bertz CT molecular complexity index is 878. The molecular formula is C24H34N6O2. The van der Waals surface area contributed by atoms with Gasteiger partial charge in [-0.25, -0.2) is 9.97 Å². The fourth-order valence-electron chi connectivity index (χ4n) is 4.30. The first-order valence-corrected chi connectivity index (χ1v) is 11.6. The van der Waals surface area contributed by atoms with Crippen molar-refractivity contribution in [3.63, 3.8) is 0 Å². The van der Waals surface area contributed by atoms with Crippen LogP contribution >= 0.6 is 0 Å². The van der Waals surface area contributed by atoms with Crippen molar-refractivity contribution in [1.82, 2.24) is 25.1 Å². The molecule has 172 valence electrons. The topological polar surface area (TPSA) is 73.8 Å². The van der Waals surface area contributed by atoms with Crippen molar-refractivity contribution in [3.8, 4) is 16.9 Å². The lowest BCUT2D eigenvalue weighted by Crippen LogP contribution is -2.61. The normalized spacial score (nSPS) is 19.9. The minimum atomic E-state index is -0.109. The molecule has 2 aliphatic rings. The molecule has 1 aromatic heterocycles. The highest BCUT2D eigenvalue weighted by atomic mass is 16.5. The van der Waals surface area contributed by atoms with E-state index >= 15 is 0 Å². The van der Waals surface area contributed by atoms with Crippen LogP contribution in [0.3, 0.4) is 0 Å². The number of amides is 1. The molecule has 1 amide bonds. The summed E-state index contributed by atoms with van der Waals surface area (Å²) < 4.78 is 5.50. The summed E-state index contributed by atoms with van der Waals surface area (Å²) in [5.74, 6) is 1.79. The molecule has 0 radical (unpaired) electrons. The monoisotopic (exact) mass is 438 g/mol. The van der Waals surface area contributed by atoms with Crippen molar-refractivity contribution >= 4 is 11.9 Å². The average molecular weight is 439 g/mol. The Morgan fingerprint density at radius 2 is 1.75 bits per heavy atom. The van der Waals surface area contributed by atoms with Gasteiger partial charge in [-0.2, -0.15) is 0 Å². The summed E-state index contributed by atoms with van der Waals surface area (Å²) >= 11 is 0. The van der Waals surface area contributed by atoms with Gasteiger partial charge in [-0.15, -0.1) is 0 Å². The van der Waals surface area contributed by atoms with Gasteiger partial charge >= 0.3 is 0 Å². The first kappa shape index (κ1) is 22.5. The number of nitrogens with zero attached hydrogens (tertiary/aromatic N) is 5. The largest absolute Gasteiger partial charge is 0.494 e. The van der Waals surface area contributed by atoms with Crippen LogP contribution in [0.1, 0.15) is 20.8 Å². The van der Waals surface area contributed by atoms with Gasteiger partial charge in [-0.3, -0.25) is 9.69 Å². The fraction of sp³-hybridized carbons (Fsp3) is 0.542. The number of anilines is 1. The number of hydrogen-bond acceptors (Lipinski definition) is 7. The molecule has 2 saturated heterocycles. The second kappa shape index (κ2) is 10.3. The number of piperazine rings is 2. The van der Waals surface area contributed by atoms with E-state index in [0.717, 1.165) is 49.6 Å². The van der Waals surface area contributed by atoms with Crippen LogP contribution < -0.4 is 15.0 Å². The van der Waals surface area contributed by atoms with Gasteiger partial charge in [0, 0.05) is 69.8 Å². The highest BCUT2D eigenvalue weighted by molar-refractivity contribution is 5.82. The summed E-state index contributed by atoms with van der Waals surface area (Å²) in [5.41, 5.74) is 2.04. The summed E-state index contributed by atoms with van der Waals surface area (Å²) in [6, 6.07) is 8.32. The predicted molar refractivity (Wildman–Crippen MR) is 126 cm³/mol. The van der Waals surface area contributed by atoms with E-state index in [0.29, 0.717) is 31.7 Å². The summed E-state index contributed by atoms with van der Waals surface area (Å²) in [5, 5.41) is 3.40. The molecule has 0 bridgehead atoms. The van der Waals surface area contributed by atoms with Crippen LogP contribution in [0.25, 0.3) is 11.1 Å². The molecule has 32 heavy (non-hydrogen) atoms. The number of nitrogens with one attached hydrogen (secondary N) is 1. The predicted octanol–water partition coefficient (Wildman–Crippen LogP) is 1.87. The molecule has 0 aliphatic carbocycles. The van der Waals surface area contributed by atoms with Crippen molar-refractivity contribution in [2.75, 3.05) is 57.3 Å². The maximum absolute atomic E-state index is 13.0. The van der Waals surface area contributed by atoms with Crippen molar-refractivity contribution in [3.05, 3.63) is 36.7 Å². The van der Waals surface area contributed by atoms with Crippen LogP contribution in [0, 0.1) is 0 Å². The first-order chi connectivity index (χ1) is 15.5. The smallest absolute Gasteiger partial charge is 0.241 e. The van der Waals surface area contributed by atoms with Gasteiger partial charge < -0.3 is 19.9 Å². The fourth-order valence-corrected chi connectivity index (χ4v) is 4.30. The number of carbonyl (C=O) groups is 1. The van der Waals surface area contributed by atoms with Crippen molar-refractivity contribution in [2.24, 2.45) is 0 Å². The van der Waals surface area contributed by atoms with Crippen LogP contribution in [0.5, 0.6) is 5.75 Å². The lowest BCUT2D eigenvalue weighted by molar-refractivity contribution is -0.135. The molecule has 2 fully saturated rings. The van der Waals surface area contributed by atoms with E-state index in [2.05, 4.69) is 38.9 Å². The average Bonchev–Trinajstić information content (AvgIpc) is 2.84. The number of carbonyl (C=O) groups excluding carboxylic acids is 1. The molecule has 4 rings (SSSR count). The summed E-state index contributed by atoms with van der Waals surface area (Å²) in [6.07, 6.45) is 3.73. The van der Waals surface area contributed by atoms with Crippen LogP contribution in [-0.4, -0.2) is 90.2 Å². The maximum Gasteiger partial charge on any atom is 0.241 e. The molecule has 8 heteroatoms. The Balaban J connectivity index is 1.31. The van der Waals surface area contributed by atoms with Gasteiger partial charge in [-0.1, -0.05) is 12.1 Å². The van der Waals surface area contributed by atoms with Gasteiger partial charge in [0.2, 0.25) is 11.9 Å². The third-order valence-corrected chi connectivity index (χ3v) is 6.25. The molecule has 2 aliphatic heterocycles. The van der Waals surface area contributed by atoms with Crippen LogP contribution in [0.4, 0.5) is 5.95 Å². The van der Waals surface area contributed by atoms with Crippen LogP contribution in [0.15, 0.2) is 36.7 Å². The Morgan fingerprint density at radius 1 is 1.06 bits per heavy atom. The molecule has 8 nitrogen and oxygen atoms in total. The van der Waals surface area contributed by atoms with Gasteiger partial charge in [0.1, 0.15) is 5.75 Å². The quantitative estimate of drug-likeness (QED) is 0.738. The molecule has 0 saturated carbocycles. The maximum atomic E-state index is 13.0. The third-order valence-electron chi connectivity index (χ3n) is 6.25. The molecule has 1 N–H and O–H groups in total. The molecule has 1 aromatic carbocycles. The second-order valence-corrected chi connectivity index (χ2v) is 8.64. The first-order valence-electron chi connectivity index (χ1n) is 11.6. The molecule has 2 aromatic rings. The van der Waals surface area contributed by atoms with E-state index in [1.165, 1.54) is 0 Å². The number of aromatic nitrogens is 2. The van der Waals surface area contributed by atoms with Gasteiger partial charge in [0.15, 0.2) is 0 Å². The van der Waals surface area contributed by atoms with E-state index in [4.69, 9.17) is 4.74 Å². The minimum absolute atomic E-state index is 0.109. The Hall–Kier alpha value is -2.71. The Kier molecular flexibility index (Phi) is 7.22. The summed E-state index contributed by atoms with van der Waals surface area (Å²) in [7, 11) is 0.